The van der Waals surface area contributed by atoms with Crippen LogP contribution < -0.4 is 4.90 Å². The Morgan fingerprint density at radius 2 is 1.86 bits per heavy atom. The number of aryl methyl sites for hydroxylation is 2. The predicted octanol–water partition coefficient (Wildman–Crippen LogP) is 4.63. The lowest BCUT2D eigenvalue weighted by Gasteiger charge is -2.23. The summed E-state index contributed by atoms with van der Waals surface area (Å²) in [5.74, 6) is -0.238. The third kappa shape index (κ3) is 3.14. The van der Waals surface area contributed by atoms with Gasteiger partial charge in [0.05, 0.1) is 5.69 Å². The lowest BCUT2D eigenvalue weighted by molar-refractivity contribution is 0.628. The van der Waals surface area contributed by atoms with Crippen LogP contribution in [-0.4, -0.2) is 9.59 Å². The van der Waals surface area contributed by atoms with Crippen LogP contribution in [0.4, 0.5) is 15.1 Å². The first kappa shape index (κ1) is 14.7. The summed E-state index contributed by atoms with van der Waals surface area (Å²) in [6.07, 6.45) is 0. The van der Waals surface area contributed by atoms with Crippen LogP contribution in [0.3, 0.4) is 0 Å². The molecule has 5 heteroatoms. The van der Waals surface area contributed by atoms with Gasteiger partial charge < -0.3 is 4.90 Å². The number of hydrogen-bond donors (Lipinski definition) is 0. The second kappa shape index (κ2) is 6.23. The minimum Gasteiger partial charge on any atom is -0.326 e. The van der Waals surface area contributed by atoms with Crippen molar-refractivity contribution in [3.8, 4) is 0 Å². The molecule has 0 aliphatic heterocycles. The third-order valence-electron chi connectivity index (χ3n) is 3.43. The highest BCUT2D eigenvalue weighted by Crippen LogP contribution is 2.32. The number of nitrogens with zero attached hydrogens (tertiary/aromatic N) is 3. The van der Waals surface area contributed by atoms with Crippen molar-refractivity contribution < 1.29 is 4.39 Å². The first-order valence-corrected chi connectivity index (χ1v) is 7.78. The number of halogens is 1. The molecule has 0 aliphatic rings. The summed E-state index contributed by atoms with van der Waals surface area (Å²) < 4.78 is 17.2. The zero-order valence-corrected chi connectivity index (χ0v) is 13.3. The normalized spacial score (nSPS) is 10.7. The van der Waals surface area contributed by atoms with E-state index in [1.165, 1.54) is 34.8 Å². The molecule has 0 aliphatic carbocycles. The molecular formula is C17H16FN3S. The first-order valence-electron chi connectivity index (χ1n) is 7.01. The largest absolute Gasteiger partial charge is 0.326 e. The summed E-state index contributed by atoms with van der Waals surface area (Å²) in [5, 5.41) is 5.07. The maximum absolute atomic E-state index is 13.2. The maximum atomic E-state index is 13.2. The molecule has 0 radical (unpaired) electrons. The molecule has 3 nitrogen and oxygen atoms in total. The predicted molar refractivity (Wildman–Crippen MR) is 88.1 cm³/mol. The Labute approximate surface area is 133 Å². The fraction of sp³-hybridized carbons (Fsp3) is 0.176. The van der Waals surface area contributed by atoms with E-state index in [9.17, 15) is 4.39 Å². The minimum absolute atomic E-state index is 0.238. The Bertz CT molecular complexity index is 768. The molecule has 2 aromatic carbocycles. The Morgan fingerprint density at radius 3 is 2.50 bits per heavy atom. The molecular weight excluding hydrogens is 297 g/mol. The first-order chi connectivity index (χ1) is 10.6. The average Bonchev–Trinajstić information content (AvgIpc) is 2.92. The average molecular weight is 313 g/mol. The highest BCUT2D eigenvalue weighted by molar-refractivity contribution is 7.10. The van der Waals surface area contributed by atoms with Gasteiger partial charge in [-0.15, -0.1) is 5.10 Å². The Kier molecular flexibility index (Phi) is 4.15. The van der Waals surface area contributed by atoms with Gasteiger partial charge in [0.15, 0.2) is 0 Å². The molecule has 3 aromatic rings. The monoisotopic (exact) mass is 313 g/mol. The lowest BCUT2D eigenvalue weighted by Crippen LogP contribution is -2.16. The van der Waals surface area contributed by atoms with Crippen molar-refractivity contribution in [1.82, 2.24) is 9.59 Å². The number of hydrogen-bond acceptors (Lipinski definition) is 4. The van der Waals surface area contributed by atoms with Gasteiger partial charge in [0.25, 0.3) is 0 Å². The second-order valence-corrected chi connectivity index (χ2v) is 5.95. The molecule has 1 aromatic heterocycles. The summed E-state index contributed by atoms with van der Waals surface area (Å²) in [6, 6.07) is 14.9. The van der Waals surface area contributed by atoms with Crippen LogP contribution in [0.1, 0.15) is 16.8 Å². The van der Waals surface area contributed by atoms with E-state index in [0.29, 0.717) is 6.54 Å². The Hall–Kier alpha value is -2.27. The molecule has 0 N–H and O–H groups in total. The van der Waals surface area contributed by atoms with Gasteiger partial charge >= 0.3 is 0 Å². The van der Waals surface area contributed by atoms with Crippen LogP contribution in [0, 0.1) is 19.7 Å². The van der Waals surface area contributed by atoms with Crippen LogP contribution in [0.25, 0.3) is 0 Å². The van der Waals surface area contributed by atoms with E-state index >= 15 is 0 Å². The van der Waals surface area contributed by atoms with E-state index < -0.39 is 0 Å². The zero-order chi connectivity index (χ0) is 15.5. The third-order valence-corrected chi connectivity index (χ3v) is 4.29. The van der Waals surface area contributed by atoms with Crippen LogP contribution >= 0.6 is 11.5 Å². The fourth-order valence-corrected chi connectivity index (χ4v) is 3.05. The summed E-state index contributed by atoms with van der Waals surface area (Å²) in [6.45, 7) is 4.70. The highest BCUT2D eigenvalue weighted by Gasteiger charge is 2.16. The Balaban J connectivity index is 2.00. The quantitative estimate of drug-likeness (QED) is 0.703. The number of anilines is 2. The number of aromatic nitrogens is 2. The summed E-state index contributed by atoms with van der Waals surface area (Å²) in [7, 11) is 0. The number of benzene rings is 2. The molecule has 0 amide bonds. The van der Waals surface area contributed by atoms with E-state index in [1.54, 1.807) is 12.1 Å². The molecule has 1 heterocycles. The maximum Gasteiger partial charge on any atom is 0.140 e. The van der Waals surface area contributed by atoms with Gasteiger partial charge in [-0.05, 0) is 43.7 Å². The van der Waals surface area contributed by atoms with Crippen LogP contribution in [0.2, 0.25) is 0 Å². The fourth-order valence-electron chi connectivity index (χ4n) is 2.37. The smallest absolute Gasteiger partial charge is 0.140 e. The van der Waals surface area contributed by atoms with Gasteiger partial charge in [-0.1, -0.05) is 34.3 Å². The van der Waals surface area contributed by atoms with E-state index in [0.717, 1.165) is 16.4 Å². The molecule has 0 unspecified atom stereocenters. The summed E-state index contributed by atoms with van der Waals surface area (Å²) in [5.41, 5.74) is 4.21. The highest BCUT2D eigenvalue weighted by atomic mass is 32.1. The molecule has 0 atom stereocenters. The standard InChI is InChI=1S/C17H16FN3S/c1-12-4-3-5-14(10-12)11-21(17-13(2)19-20-22-17)16-8-6-15(18)7-9-16/h3-10H,11H2,1-2H3. The molecule has 22 heavy (non-hydrogen) atoms. The SMILES string of the molecule is Cc1cccc(CN(c2ccc(F)cc2)c2snnc2C)c1. The van der Waals surface area contributed by atoms with Crippen LogP contribution in [0.15, 0.2) is 48.5 Å². The van der Waals surface area contributed by atoms with Gasteiger partial charge in [0.2, 0.25) is 0 Å². The van der Waals surface area contributed by atoms with Crippen molar-refractivity contribution in [1.29, 1.82) is 0 Å². The molecule has 3 rings (SSSR count). The zero-order valence-electron chi connectivity index (χ0n) is 12.5. The molecule has 0 saturated carbocycles. The Morgan fingerprint density at radius 1 is 1.09 bits per heavy atom. The van der Waals surface area contributed by atoms with Gasteiger partial charge in [-0.3, -0.25) is 0 Å². The van der Waals surface area contributed by atoms with E-state index in [1.807, 2.05) is 13.0 Å². The van der Waals surface area contributed by atoms with E-state index in [-0.39, 0.29) is 5.82 Å². The van der Waals surface area contributed by atoms with Crippen molar-refractivity contribution in [3.05, 3.63) is 71.2 Å². The second-order valence-electron chi connectivity index (χ2n) is 5.22. The van der Waals surface area contributed by atoms with Gasteiger partial charge in [-0.25, -0.2) is 4.39 Å². The van der Waals surface area contributed by atoms with Gasteiger partial charge in [-0.2, -0.15) is 0 Å². The molecule has 0 fully saturated rings. The molecule has 112 valence electrons. The minimum atomic E-state index is -0.238. The van der Waals surface area contributed by atoms with E-state index in [4.69, 9.17) is 0 Å². The van der Waals surface area contributed by atoms with Crippen molar-refractivity contribution in [2.24, 2.45) is 0 Å². The molecule has 0 bridgehead atoms. The van der Waals surface area contributed by atoms with E-state index in [2.05, 4.69) is 39.6 Å². The van der Waals surface area contributed by atoms with Crippen molar-refractivity contribution in [2.75, 3.05) is 4.90 Å². The van der Waals surface area contributed by atoms with Crippen LogP contribution in [0.5, 0.6) is 0 Å². The summed E-state index contributed by atoms with van der Waals surface area (Å²) in [4.78, 5) is 2.12. The number of rotatable bonds is 4. The van der Waals surface area contributed by atoms with Crippen molar-refractivity contribution >= 4 is 22.2 Å². The molecule has 0 saturated heterocycles. The topological polar surface area (TPSA) is 29.0 Å². The van der Waals surface area contributed by atoms with Crippen LogP contribution in [-0.2, 0) is 6.54 Å². The van der Waals surface area contributed by atoms with Gasteiger partial charge in [0, 0.05) is 23.8 Å². The van der Waals surface area contributed by atoms with Gasteiger partial charge in [0.1, 0.15) is 10.8 Å². The van der Waals surface area contributed by atoms with Crippen molar-refractivity contribution in [2.45, 2.75) is 20.4 Å². The summed E-state index contributed by atoms with van der Waals surface area (Å²) >= 11 is 1.35. The molecule has 0 spiro atoms. The van der Waals surface area contributed by atoms with Crippen molar-refractivity contribution in [3.63, 3.8) is 0 Å². The lowest BCUT2D eigenvalue weighted by atomic mass is 10.1.